The summed E-state index contributed by atoms with van der Waals surface area (Å²) in [5, 5.41) is 8.22. The van der Waals surface area contributed by atoms with Crippen molar-refractivity contribution in [3.8, 4) is 22.8 Å². The maximum atomic E-state index is 12.4. The van der Waals surface area contributed by atoms with Crippen molar-refractivity contribution in [3.05, 3.63) is 54.6 Å². The molecule has 0 bridgehead atoms. The highest BCUT2D eigenvalue weighted by Gasteiger charge is 2.31. The molecule has 1 saturated heterocycles. The summed E-state index contributed by atoms with van der Waals surface area (Å²) in [6.07, 6.45) is 0.344. The summed E-state index contributed by atoms with van der Waals surface area (Å²) in [6.45, 7) is 10.7. The van der Waals surface area contributed by atoms with Crippen LogP contribution in [0.1, 0.15) is 41.0 Å². The summed E-state index contributed by atoms with van der Waals surface area (Å²) >= 11 is 1.59. The predicted octanol–water partition coefficient (Wildman–Crippen LogP) is 6.64. The number of nitrogens with one attached hydrogen (secondary N) is 1. The van der Waals surface area contributed by atoms with Gasteiger partial charge in [0.15, 0.2) is 0 Å². The number of fused-ring (bicyclic) bond motifs is 1. The molecule has 0 unspecified atom stereocenters. The maximum absolute atomic E-state index is 12.4. The van der Waals surface area contributed by atoms with E-state index in [0.29, 0.717) is 13.1 Å². The monoisotopic (exact) mass is 609 g/mol. The minimum atomic E-state index is -0.513. The van der Waals surface area contributed by atoms with Crippen LogP contribution in [-0.4, -0.2) is 53.1 Å². The molecule has 9 heteroatoms. The number of amides is 1. The Hall–Kier alpha value is -2.63. The number of hydrogen-bond donors (Lipinski definition) is 2. The molecule has 196 valence electrons. The third-order valence-electron chi connectivity index (χ3n) is 5.14. The zero-order valence-electron chi connectivity index (χ0n) is 21.7. The fraction of sp³-hybridized carbons (Fsp3) is 0.407. The molecule has 1 atom stereocenters. The van der Waals surface area contributed by atoms with Gasteiger partial charge in [0, 0.05) is 58.9 Å². The van der Waals surface area contributed by atoms with Crippen molar-refractivity contribution in [3.63, 3.8) is 0 Å². The second kappa shape index (κ2) is 14.2. The Labute approximate surface area is 227 Å². The van der Waals surface area contributed by atoms with Crippen molar-refractivity contribution in [1.29, 1.82) is 0 Å². The van der Waals surface area contributed by atoms with Crippen LogP contribution in [0.4, 0.5) is 4.79 Å². The van der Waals surface area contributed by atoms with Gasteiger partial charge in [0.05, 0.1) is 24.9 Å². The van der Waals surface area contributed by atoms with Crippen molar-refractivity contribution >= 4 is 39.9 Å². The van der Waals surface area contributed by atoms with Crippen LogP contribution in [0.15, 0.2) is 54.6 Å². The Morgan fingerprint density at radius 2 is 1.81 bits per heavy atom. The Morgan fingerprint density at radius 3 is 2.42 bits per heavy atom. The first-order chi connectivity index (χ1) is 17.2. The van der Waals surface area contributed by atoms with Crippen molar-refractivity contribution in [2.75, 3.05) is 20.2 Å². The number of carbonyl (C=O) groups excluding carboxylic acids is 1. The van der Waals surface area contributed by atoms with Crippen LogP contribution in [0, 0.1) is 0 Å². The highest BCUT2D eigenvalue weighted by Crippen LogP contribution is 2.33. The SMILES string of the molecule is CC.COc1ccc2c(O[C@@H]3CCN(C(=O)OC(C)(C)C)C3)cc(-c3ccccc3)nc2c1.ONI. The van der Waals surface area contributed by atoms with Crippen LogP contribution >= 0.6 is 22.9 Å². The molecule has 0 saturated carbocycles. The third-order valence-corrected chi connectivity index (χ3v) is 5.14. The normalized spacial score (nSPS) is 14.8. The Kier molecular flexibility index (Phi) is 11.7. The van der Waals surface area contributed by atoms with E-state index in [0.717, 1.165) is 40.1 Å². The highest BCUT2D eigenvalue weighted by atomic mass is 127. The molecule has 2 heterocycles. The molecular formula is C27H36IN3O5. The number of halogens is 1. The summed E-state index contributed by atoms with van der Waals surface area (Å²) in [4.78, 5) is 18.9. The average molecular weight is 610 g/mol. The molecule has 1 fully saturated rings. The van der Waals surface area contributed by atoms with E-state index in [9.17, 15) is 4.79 Å². The molecule has 8 nitrogen and oxygen atoms in total. The molecule has 1 aliphatic heterocycles. The predicted molar refractivity (Wildman–Crippen MR) is 151 cm³/mol. The largest absolute Gasteiger partial charge is 0.497 e. The van der Waals surface area contributed by atoms with E-state index < -0.39 is 5.60 Å². The number of hydrogen-bond acceptors (Lipinski definition) is 7. The van der Waals surface area contributed by atoms with Crippen LogP contribution in [0.5, 0.6) is 11.5 Å². The van der Waals surface area contributed by atoms with E-state index in [-0.39, 0.29) is 12.2 Å². The lowest BCUT2D eigenvalue weighted by atomic mass is 10.1. The van der Waals surface area contributed by atoms with Crippen molar-refractivity contribution in [2.45, 2.75) is 52.7 Å². The first kappa shape index (κ1) is 29.6. The van der Waals surface area contributed by atoms with E-state index in [1.165, 1.54) is 0 Å². The number of likely N-dealkylation sites (tertiary alicyclic amines) is 1. The summed E-state index contributed by atoms with van der Waals surface area (Å²) in [7, 11) is 1.64. The molecule has 0 radical (unpaired) electrons. The van der Waals surface area contributed by atoms with Gasteiger partial charge in [-0.3, -0.25) is 0 Å². The van der Waals surface area contributed by atoms with Crippen LogP contribution in [0.3, 0.4) is 0 Å². The Bertz CT molecular complexity index is 1110. The standard InChI is InChI=1S/C25H28N2O4.C2H6.H2INO/c1-25(2,3)31-24(28)27-13-12-19(16-27)30-23-15-21(17-8-6-5-7-9-17)26-22-14-18(29-4)10-11-20(22)23;1-2;1-2-3/h5-11,14-15,19H,12-13,16H2,1-4H3;1-2H3;2-3H/t19-;;/m1../s1. The Balaban J connectivity index is 0.000000850. The van der Waals surface area contributed by atoms with Gasteiger partial charge in [-0.05, 0) is 32.9 Å². The number of benzene rings is 2. The second-order valence-electron chi connectivity index (χ2n) is 8.79. The van der Waals surface area contributed by atoms with E-state index in [4.69, 9.17) is 24.4 Å². The summed E-state index contributed by atoms with van der Waals surface area (Å²) in [5.41, 5.74) is 2.14. The second-order valence-corrected chi connectivity index (χ2v) is 9.28. The third kappa shape index (κ3) is 8.49. The van der Waals surface area contributed by atoms with Gasteiger partial charge in [0.1, 0.15) is 23.2 Å². The van der Waals surface area contributed by atoms with Gasteiger partial charge >= 0.3 is 6.09 Å². The van der Waals surface area contributed by atoms with E-state index >= 15 is 0 Å². The van der Waals surface area contributed by atoms with E-state index in [1.807, 2.05) is 89.2 Å². The number of pyridine rings is 1. The zero-order chi connectivity index (χ0) is 26.7. The number of methoxy groups -OCH3 is 1. The van der Waals surface area contributed by atoms with Crippen LogP contribution < -0.4 is 13.2 Å². The van der Waals surface area contributed by atoms with Crippen LogP contribution in [0.2, 0.25) is 0 Å². The molecule has 1 aromatic heterocycles. The topological polar surface area (TPSA) is 93.2 Å². The van der Waals surface area contributed by atoms with E-state index in [2.05, 4.69) is 0 Å². The lowest BCUT2D eigenvalue weighted by molar-refractivity contribution is 0.0276. The number of rotatable bonds is 4. The quantitative estimate of drug-likeness (QED) is 0.195. The van der Waals surface area contributed by atoms with Gasteiger partial charge in [0.2, 0.25) is 0 Å². The lowest BCUT2D eigenvalue weighted by Gasteiger charge is -2.24. The fourth-order valence-corrected chi connectivity index (χ4v) is 3.65. The van der Waals surface area contributed by atoms with Gasteiger partial charge < -0.3 is 24.3 Å². The molecule has 1 aliphatic rings. The summed E-state index contributed by atoms with van der Waals surface area (Å²) in [6, 6.07) is 17.8. The van der Waals surface area contributed by atoms with Gasteiger partial charge in [-0.15, -0.1) is 3.69 Å². The first-order valence-electron chi connectivity index (χ1n) is 11.9. The summed E-state index contributed by atoms with van der Waals surface area (Å²) < 4.78 is 19.0. The Morgan fingerprint density at radius 1 is 1.14 bits per heavy atom. The van der Waals surface area contributed by atoms with Crippen molar-refractivity contribution in [2.24, 2.45) is 0 Å². The van der Waals surface area contributed by atoms with Crippen molar-refractivity contribution < 1.29 is 24.2 Å². The molecule has 1 amide bonds. The van der Waals surface area contributed by atoms with Gasteiger partial charge in [-0.25, -0.2) is 9.78 Å². The zero-order valence-corrected chi connectivity index (χ0v) is 23.9. The first-order valence-corrected chi connectivity index (χ1v) is 13.0. The molecular weight excluding hydrogens is 573 g/mol. The minimum Gasteiger partial charge on any atom is -0.497 e. The highest BCUT2D eigenvalue weighted by molar-refractivity contribution is 14.1. The average Bonchev–Trinajstić information content (AvgIpc) is 3.33. The fourth-order valence-electron chi connectivity index (χ4n) is 3.65. The number of nitrogens with zero attached hydrogens (tertiary/aromatic N) is 2. The van der Waals surface area contributed by atoms with Crippen LogP contribution in [-0.2, 0) is 4.74 Å². The van der Waals surface area contributed by atoms with Crippen LogP contribution in [0.25, 0.3) is 22.2 Å². The smallest absolute Gasteiger partial charge is 0.410 e. The minimum absolute atomic E-state index is 0.108. The maximum Gasteiger partial charge on any atom is 0.410 e. The molecule has 3 aromatic rings. The van der Waals surface area contributed by atoms with Crippen molar-refractivity contribution in [1.82, 2.24) is 13.6 Å². The summed E-state index contributed by atoms with van der Waals surface area (Å²) in [5.74, 6) is 1.50. The molecule has 36 heavy (non-hydrogen) atoms. The molecule has 2 aromatic carbocycles. The van der Waals surface area contributed by atoms with E-state index in [1.54, 1.807) is 38.6 Å². The molecule has 2 N–H and O–H groups in total. The lowest BCUT2D eigenvalue weighted by Crippen LogP contribution is -2.36. The molecule has 0 aliphatic carbocycles. The number of carbonyl (C=O) groups is 1. The number of ether oxygens (including phenoxy) is 3. The van der Waals surface area contributed by atoms with Gasteiger partial charge in [0.25, 0.3) is 0 Å². The molecule has 4 rings (SSSR count). The number of aromatic nitrogens is 1. The molecule has 0 spiro atoms. The van der Waals surface area contributed by atoms with Gasteiger partial charge in [-0.2, -0.15) is 0 Å². The van der Waals surface area contributed by atoms with Gasteiger partial charge in [-0.1, -0.05) is 44.2 Å².